The summed E-state index contributed by atoms with van der Waals surface area (Å²) in [7, 11) is 1.66. The van der Waals surface area contributed by atoms with Crippen LogP contribution in [0.1, 0.15) is 31.0 Å². The Balaban J connectivity index is 0.00000264. The molecule has 23 heavy (non-hydrogen) atoms. The Kier molecular flexibility index (Phi) is 8.45. The monoisotopic (exact) mass is 399 g/mol. The molecule has 1 N–H and O–H groups in total. The first-order chi connectivity index (χ1) is 10.7. The largest absolute Gasteiger partial charge is 0.493 e. The van der Waals surface area contributed by atoms with Gasteiger partial charge in [-0.05, 0) is 31.5 Å². The Hall–Kier alpha value is -1.23. The summed E-state index contributed by atoms with van der Waals surface area (Å²) in [4.78, 5) is 0. The lowest BCUT2D eigenvalue weighted by Gasteiger charge is -2.18. The SMILES string of the molecule is CCOc1c(CNC(C)c2ccccc2)cc(Br)cc1OC.Cl. The number of ether oxygens (including phenoxy) is 2. The van der Waals surface area contributed by atoms with Crippen molar-refractivity contribution in [2.45, 2.75) is 26.4 Å². The van der Waals surface area contributed by atoms with Crippen LogP contribution in [-0.4, -0.2) is 13.7 Å². The molecule has 0 aliphatic rings. The van der Waals surface area contributed by atoms with Crippen LogP contribution >= 0.6 is 28.3 Å². The Morgan fingerprint density at radius 2 is 1.87 bits per heavy atom. The maximum absolute atomic E-state index is 5.77. The first-order valence-electron chi connectivity index (χ1n) is 7.43. The van der Waals surface area contributed by atoms with Crippen molar-refractivity contribution < 1.29 is 9.47 Å². The second kappa shape index (κ2) is 9.81. The molecule has 0 aromatic heterocycles. The summed E-state index contributed by atoms with van der Waals surface area (Å²) in [5.74, 6) is 1.56. The van der Waals surface area contributed by atoms with Crippen molar-refractivity contribution in [3.8, 4) is 11.5 Å². The highest BCUT2D eigenvalue weighted by Crippen LogP contribution is 2.35. The van der Waals surface area contributed by atoms with E-state index in [1.807, 2.05) is 19.1 Å². The van der Waals surface area contributed by atoms with E-state index in [0.717, 1.165) is 21.5 Å². The molecule has 126 valence electrons. The summed E-state index contributed by atoms with van der Waals surface area (Å²) >= 11 is 3.53. The number of halogens is 2. The van der Waals surface area contributed by atoms with Crippen LogP contribution in [0.3, 0.4) is 0 Å². The molecule has 0 radical (unpaired) electrons. The van der Waals surface area contributed by atoms with Gasteiger partial charge in [-0.2, -0.15) is 0 Å². The molecule has 0 aliphatic carbocycles. The molecule has 1 unspecified atom stereocenters. The van der Waals surface area contributed by atoms with Crippen molar-refractivity contribution in [3.05, 3.63) is 58.1 Å². The van der Waals surface area contributed by atoms with Gasteiger partial charge >= 0.3 is 0 Å². The summed E-state index contributed by atoms with van der Waals surface area (Å²) in [6.07, 6.45) is 0. The molecule has 3 nitrogen and oxygen atoms in total. The number of nitrogens with one attached hydrogen (secondary N) is 1. The third-order valence-electron chi connectivity index (χ3n) is 3.50. The Morgan fingerprint density at radius 3 is 2.48 bits per heavy atom. The second-order valence-corrected chi connectivity index (χ2v) is 5.96. The zero-order valence-electron chi connectivity index (χ0n) is 13.6. The molecule has 5 heteroatoms. The van der Waals surface area contributed by atoms with E-state index in [9.17, 15) is 0 Å². The zero-order chi connectivity index (χ0) is 15.9. The molecular weight excluding hydrogens is 378 g/mol. The van der Waals surface area contributed by atoms with Gasteiger partial charge in [-0.1, -0.05) is 46.3 Å². The van der Waals surface area contributed by atoms with Gasteiger partial charge in [-0.15, -0.1) is 12.4 Å². The first kappa shape index (κ1) is 19.8. The van der Waals surface area contributed by atoms with Crippen LogP contribution in [0.15, 0.2) is 46.9 Å². The quantitative estimate of drug-likeness (QED) is 0.699. The van der Waals surface area contributed by atoms with Gasteiger partial charge in [0.15, 0.2) is 11.5 Å². The van der Waals surface area contributed by atoms with Gasteiger partial charge in [-0.3, -0.25) is 0 Å². The number of hydrogen-bond donors (Lipinski definition) is 1. The number of benzene rings is 2. The van der Waals surface area contributed by atoms with E-state index in [-0.39, 0.29) is 18.4 Å². The van der Waals surface area contributed by atoms with Gasteiger partial charge in [0.1, 0.15) is 0 Å². The summed E-state index contributed by atoms with van der Waals surface area (Å²) in [6.45, 7) is 5.45. The number of hydrogen-bond acceptors (Lipinski definition) is 3. The highest BCUT2D eigenvalue weighted by Gasteiger charge is 2.13. The van der Waals surface area contributed by atoms with Crippen LogP contribution < -0.4 is 14.8 Å². The van der Waals surface area contributed by atoms with Gasteiger partial charge in [0.05, 0.1) is 13.7 Å². The van der Waals surface area contributed by atoms with Crippen LogP contribution in [0.4, 0.5) is 0 Å². The molecule has 0 saturated heterocycles. The third kappa shape index (κ3) is 5.41. The van der Waals surface area contributed by atoms with E-state index >= 15 is 0 Å². The fourth-order valence-electron chi connectivity index (χ4n) is 2.34. The molecule has 1 atom stereocenters. The Morgan fingerprint density at radius 1 is 1.17 bits per heavy atom. The van der Waals surface area contributed by atoms with Crippen LogP contribution in [0.5, 0.6) is 11.5 Å². The maximum atomic E-state index is 5.77. The van der Waals surface area contributed by atoms with Crippen LogP contribution in [0.2, 0.25) is 0 Å². The topological polar surface area (TPSA) is 30.5 Å². The summed E-state index contributed by atoms with van der Waals surface area (Å²) in [5, 5.41) is 3.54. The summed E-state index contributed by atoms with van der Waals surface area (Å²) in [6, 6.07) is 14.7. The number of rotatable bonds is 7. The van der Waals surface area contributed by atoms with Crippen LogP contribution in [-0.2, 0) is 6.54 Å². The summed E-state index contributed by atoms with van der Waals surface area (Å²) < 4.78 is 12.2. The average molecular weight is 401 g/mol. The fraction of sp³-hybridized carbons (Fsp3) is 0.333. The van der Waals surface area contributed by atoms with Gasteiger partial charge in [0.2, 0.25) is 0 Å². The molecule has 0 saturated carbocycles. The molecule has 0 fully saturated rings. The lowest BCUT2D eigenvalue weighted by Crippen LogP contribution is -2.18. The third-order valence-corrected chi connectivity index (χ3v) is 3.96. The second-order valence-electron chi connectivity index (χ2n) is 5.04. The molecule has 0 amide bonds. The minimum atomic E-state index is 0. The van der Waals surface area contributed by atoms with Gasteiger partial charge < -0.3 is 14.8 Å². The number of methoxy groups -OCH3 is 1. The molecule has 2 aromatic rings. The van der Waals surface area contributed by atoms with Crippen molar-refractivity contribution in [2.24, 2.45) is 0 Å². The van der Waals surface area contributed by atoms with E-state index < -0.39 is 0 Å². The van der Waals surface area contributed by atoms with Gasteiger partial charge in [0, 0.05) is 22.6 Å². The van der Waals surface area contributed by atoms with Crippen molar-refractivity contribution in [1.29, 1.82) is 0 Å². The van der Waals surface area contributed by atoms with E-state index in [4.69, 9.17) is 9.47 Å². The molecule has 2 rings (SSSR count). The molecule has 0 heterocycles. The lowest BCUT2D eigenvalue weighted by molar-refractivity contribution is 0.306. The minimum absolute atomic E-state index is 0. The molecular formula is C18H23BrClNO2. The van der Waals surface area contributed by atoms with Crippen molar-refractivity contribution >= 4 is 28.3 Å². The predicted octanol–water partition coefficient (Wildman–Crippen LogP) is 5.13. The maximum Gasteiger partial charge on any atom is 0.165 e. The minimum Gasteiger partial charge on any atom is -0.493 e. The zero-order valence-corrected chi connectivity index (χ0v) is 16.0. The Labute approximate surface area is 152 Å². The lowest BCUT2D eigenvalue weighted by atomic mass is 10.1. The van der Waals surface area contributed by atoms with Crippen molar-refractivity contribution in [3.63, 3.8) is 0 Å². The fourth-order valence-corrected chi connectivity index (χ4v) is 2.82. The molecule has 0 bridgehead atoms. The average Bonchev–Trinajstić information content (AvgIpc) is 2.55. The van der Waals surface area contributed by atoms with E-state index in [1.54, 1.807) is 7.11 Å². The van der Waals surface area contributed by atoms with E-state index in [2.05, 4.69) is 58.5 Å². The van der Waals surface area contributed by atoms with Crippen molar-refractivity contribution in [2.75, 3.05) is 13.7 Å². The smallest absolute Gasteiger partial charge is 0.165 e. The van der Waals surface area contributed by atoms with E-state index in [0.29, 0.717) is 13.2 Å². The Bertz CT molecular complexity index is 607. The van der Waals surface area contributed by atoms with Crippen LogP contribution in [0, 0.1) is 0 Å². The normalized spacial score (nSPS) is 11.5. The van der Waals surface area contributed by atoms with Crippen LogP contribution in [0.25, 0.3) is 0 Å². The highest BCUT2D eigenvalue weighted by molar-refractivity contribution is 9.10. The van der Waals surface area contributed by atoms with Gasteiger partial charge in [0.25, 0.3) is 0 Å². The van der Waals surface area contributed by atoms with Gasteiger partial charge in [-0.25, -0.2) is 0 Å². The standard InChI is InChI=1S/C18H22BrNO2.ClH/c1-4-22-18-15(10-16(19)11-17(18)21-3)12-20-13(2)14-8-6-5-7-9-14;/h5-11,13,20H,4,12H2,1-3H3;1H. The predicted molar refractivity (Wildman–Crippen MR) is 101 cm³/mol. The highest BCUT2D eigenvalue weighted by atomic mass is 79.9. The first-order valence-corrected chi connectivity index (χ1v) is 8.22. The molecule has 0 aliphatic heterocycles. The summed E-state index contributed by atoms with van der Waals surface area (Å²) in [5.41, 5.74) is 2.35. The van der Waals surface area contributed by atoms with Crippen molar-refractivity contribution in [1.82, 2.24) is 5.32 Å². The molecule has 0 spiro atoms. The molecule has 2 aromatic carbocycles. The van der Waals surface area contributed by atoms with E-state index in [1.165, 1.54) is 5.56 Å².